The van der Waals surface area contributed by atoms with Crippen LogP contribution in [-0.2, 0) is 17.8 Å². The molecule has 0 aliphatic heterocycles. The molecule has 0 atom stereocenters. The van der Waals surface area contributed by atoms with E-state index in [0.717, 1.165) is 24.9 Å². The summed E-state index contributed by atoms with van der Waals surface area (Å²) in [6, 6.07) is 18.0. The highest BCUT2D eigenvalue weighted by molar-refractivity contribution is 7.99. The van der Waals surface area contributed by atoms with Crippen molar-refractivity contribution in [3.05, 3.63) is 84.1 Å². The number of nitrogens with zero attached hydrogens (tertiary/aromatic N) is 3. The molecule has 0 saturated heterocycles. The van der Waals surface area contributed by atoms with Crippen molar-refractivity contribution in [2.24, 2.45) is 0 Å². The maximum absolute atomic E-state index is 14.4. The van der Waals surface area contributed by atoms with E-state index in [1.165, 1.54) is 23.4 Å². The molecule has 6 nitrogen and oxygen atoms in total. The highest BCUT2D eigenvalue weighted by atomic mass is 32.2. The van der Waals surface area contributed by atoms with Crippen LogP contribution in [0.4, 0.5) is 10.1 Å². The SMILES string of the molecule is CCCCc1ccc(NC(=O)CSc2nnc(-c3ccccc3F)n2Cc2ccco2)cc1. The Labute approximate surface area is 196 Å². The van der Waals surface area contributed by atoms with Gasteiger partial charge in [0.05, 0.1) is 24.1 Å². The lowest BCUT2D eigenvalue weighted by atomic mass is 10.1. The highest BCUT2D eigenvalue weighted by Gasteiger charge is 2.19. The van der Waals surface area contributed by atoms with Crippen LogP contribution in [0, 0.1) is 5.82 Å². The van der Waals surface area contributed by atoms with Gasteiger partial charge >= 0.3 is 0 Å². The van der Waals surface area contributed by atoms with Crippen molar-refractivity contribution < 1.29 is 13.6 Å². The third-order valence-corrected chi connectivity index (χ3v) is 6.08. The number of benzene rings is 2. The average Bonchev–Trinajstić information content (AvgIpc) is 3.48. The molecule has 33 heavy (non-hydrogen) atoms. The molecule has 8 heteroatoms. The molecule has 0 aliphatic rings. The molecule has 0 radical (unpaired) electrons. The summed E-state index contributed by atoms with van der Waals surface area (Å²) in [5.41, 5.74) is 2.36. The monoisotopic (exact) mass is 464 g/mol. The Bertz CT molecular complexity index is 1190. The van der Waals surface area contributed by atoms with E-state index in [4.69, 9.17) is 4.42 Å². The van der Waals surface area contributed by atoms with Crippen molar-refractivity contribution in [1.82, 2.24) is 14.8 Å². The topological polar surface area (TPSA) is 73.0 Å². The number of anilines is 1. The summed E-state index contributed by atoms with van der Waals surface area (Å²) >= 11 is 1.25. The van der Waals surface area contributed by atoms with E-state index >= 15 is 0 Å². The lowest BCUT2D eigenvalue weighted by Gasteiger charge is -2.10. The summed E-state index contributed by atoms with van der Waals surface area (Å²) in [6.07, 6.45) is 4.92. The van der Waals surface area contributed by atoms with Crippen LogP contribution in [0.3, 0.4) is 0 Å². The van der Waals surface area contributed by atoms with Crippen LogP contribution in [0.25, 0.3) is 11.4 Å². The van der Waals surface area contributed by atoms with E-state index < -0.39 is 0 Å². The summed E-state index contributed by atoms with van der Waals surface area (Å²) in [7, 11) is 0. The predicted octanol–water partition coefficient (Wildman–Crippen LogP) is 5.80. The molecule has 2 aromatic carbocycles. The number of aryl methyl sites for hydroxylation is 1. The first-order valence-corrected chi connectivity index (χ1v) is 11.8. The van der Waals surface area contributed by atoms with Crippen molar-refractivity contribution in [2.45, 2.75) is 37.9 Å². The fourth-order valence-corrected chi connectivity index (χ4v) is 4.14. The highest BCUT2D eigenvalue weighted by Crippen LogP contribution is 2.27. The van der Waals surface area contributed by atoms with Gasteiger partial charge in [-0.25, -0.2) is 4.39 Å². The minimum atomic E-state index is -0.387. The lowest BCUT2D eigenvalue weighted by molar-refractivity contribution is -0.113. The molecule has 1 N–H and O–H groups in total. The van der Waals surface area contributed by atoms with Gasteiger partial charge in [0.2, 0.25) is 5.91 Å². The van der Waals surface area contributed by atoms with Crippen molar-refractivity contribution in [2.75, 3.05) is 11.1 Å². The van der Waals surface area contributed by atoms with Crippen molar-refractivity contribution in [1.29, 1.82) is 0 Å². The molecule has 2 heterocycles. The summed E-state index contributed by atoms with van der Waals surface area (Å²) in [4.78, 5) is 12.5. The zero-order chi connectivity index (χ0) is 23.0. The number of amides is 1. The number of carbonyl (C=O) groups excluding carboxylic acids is 1. The second kappa shape index (κ2) is 11.0. The predicted molar refractivity (Wildman–Crippen MR) is 128 cm³/mol. The fourth-order valence-electron chi connectivity index (χ4n) is 3.40. The summed E-state index contributed by atoms with van der Waals surface area (Å²) in [5.74, 6) is 0.672. The Kier molecular flexibility index (Phi) is 7.57. The van der Waals surface area contributed by atoms with Gasteiger partial charge in [0.1, 0.15) is 11.6 Å². The Morgan fingerprint density at radius 1 is 1.09 bits per heavy atom. The van der Waals surface area contributed by atoms with Crippen LogP contribution < -0.4 is 5.32 Å². The first-order chi connectivity index (χ1) is 16.1. The van der Waals surface area contributed by atoms with Gasteiger partial charge in [-0.2, -0.15) is 0 Å². The zero-order valence-electron chi connectivity index (χ0n) is 18.3. The van der Waals surface area contributed by atoms with Crippen LogP contribution in [0.2, 0.25) is 0 Å². The molecule has 0 unspecified atom stereocenters. The van der Waals surface area contributed by atoms with Gasteiger partial charge in [0.25, 0.3) is 0 Å². The van der Waals surface area contributed by atoms with Crippen molar-refractivity contribution >= 4 is 23.4 Å². The van der Waals surface area contributed by atoms with Crippen LogP contribution in [0.1, 0.15) is 31.1 Å². The molecule has 4 aromatic rings. The van der Waals surface area contributed by atoms with Gasteiger partial charge in [0.15, 0.2) is 11.0 Å². The standard InChI is InChI=1S/C25H25FN4O2S/c1-2-3-7-18-11-13-19(14-12-18)27-23(31)17-33-25-29-28-24(21-9-4-5-10-22(21)26)30(25)16-20-8-6-15-32-20/h4-6,8-15H,2-3,7,16-17H2,1H3,(H,27,31). The Balaban J connectivity index is 1.46. The smallest absolute Gasteiger partial charge is 0.234 e. The first kappa shape index (κ1) is 22.8. The van der Waals surface area contributed by atoms with E-state index in [9.17, 15) is 9.18 Å². The number of thioether (sulfide) groups is 1. The van der Waals surface area contributed by atoms with Crippen molar-refractivity contribution in [3.8, 4) is 11.4 Å². The molecule has 0 fully saturated rings. The van der Waals surface area contributed by atoms with E-state index in [0.29, 0.717) is 28.8 Å². The summed E-state index contributed by atoms with van der Waals surface area (Å²) < 4.78 is 21.6. The van der Waals surface area contributed by atoms with Gasteiger partial charge in [0, 0.05) is 5.69 Å². The van der Waals surface area contributed by atoms with Crippen molar-refractivity contribution in [3.63, 3.8) is 0 Å². The largest absolute Gasteiger partial charge is 0.467 e. The molecule has 0 saturated carbocycles. The summed E-state index contributed by atoms with van der Waals surface area (Å²) in [6.45, 7) is 2.49. The summed E-state index contributed by atoms with van der Waals surface area (Å²) in [5, 5.41) is 11.8. The number of aromatic nitrogens is 3. The molecule has 0 aliphatic carbocycles. The number of halogens is 1. The number of carbonyl (C=O) groups is 1. The number of unbranched alkanes of at least 4 members (excludes halogenated alkanes) is 1. The molecule has 1 amide bonds. The van der Waals surface area contributed by atoms with E-state index in [1.54, 1.807) is 35.1 Å². The minimum Gasteiger partial charge on any atom is -0.467 e. The number of nitrogens with one attached hydrogen (secondary N) is 1. The van der Waals surface area contributed by atoms with Crippen LogP contribution in [-0.4, -0.2) is 26.4 Å². The van der Waals surface area contributed by atoms with Crippen LogP contribution in [0.5, 0.6) is 0 Å². The Hall–Kier alpha value is -3.39. The van der Waals surface area contributed by atoms with E-state index in [2.05, 4.69) is 22.4 Å². The zero-order valence-corrected chi connectivity index (χ0v) is 19.1. The Morgan fingerprint density at radius 2 is 1.91 bits per heavy atom. The molecule has 0 spiro atoms. The Morgan fingerprint density at radius 3 is 2.64 bits per heavy atom. The van der Waals surface area contributed by atoms with Gasteiger partial charge < -0.3 is 9.73 Å². The number of hydrogen-bond acceptors (Lipinski definition) is 5. The van der Waals surface area contributed by atoms with E-state index in [-0.39, 0.29) is 17.5 Å². The molecular formula is C25H25FN4O2S. The van der Waals surface area contributed by atoms with Gasteiger partial charge in [-0.15, -0.1) is 10.2 Å². The number of rotatable bonds is 10. The van der Waals surface area contributed by atoms with Crippen LogP contribution in [0.15, 0.2) is 76.5 Å². The first-order valence-electron chi connectivity index (χ1n) is 10.9. The molecule has 2 aromatic heterocycles. The van der Waals surface area contributed by atoms with Crippen LogP contribution >= 0.6 is 11.8 Å². The lowest BCUT2D eigenvalue weighted by Crippen LogP contribution is -2.15. The quantitative estimate of drug-likeness (QED) is 0.300. The third-order valence-electron chi connectivity index (χ3n) is 5.11. The molecule has 4 rings (SSSR count). The van der Waals surface area contributed by atoms with Gasteiger partial charge in [-0.3, -0.25) is 9.36 Å². The number of hydrogen-bond donors (Lipinski definition) is 1. The average molecular weight is 465 g/mol. The molecule has 170 valence electrons. The normalized spacial score (nSPS) is 11.0. The van der Waals surface area contributed by atoms with E-state index in [1.807, 2.05) is 30.3 Å². The maximum Gasteiger partial charge on any atom is 0.234 e. The second-order valence-electron chi connectivity index (χ2n) is 7.59. The van der Waals surface area contributed by atoms with Gasteiger partial charge in [-0.05, 0) is 54.8 Å². The second-order valence-corrected chi connectivity index (χ2v) is 8.53. The maximum atomic E-state index is 14.4. The minimum absolute atomic E-state index is 0.144. The number of furan rings is 1. The van der Waals surface area contributed by atoms with Gasteiger partial charge in [-0.1, -0.05) is 49.4 Å². The third kappa shape index (κ3) is 5.90. The molecule has 0 bridgehead atoms. The molecular weight excluding hydrogens is 439 g/mol. The fraction of sp³-hybridized carbons (Fsp3) is 0.240.